The molecule has 8 rings (SSSR count). The van der Waals surface area contributed by atoms with Gasteiger partial charge in [-0.2, -0.15) is 0 Å². The Bertz CT molecular complexity index is 1680. The van der Waals surface area contributed by atoms with Crippen LogP contribution in [0.1, 0.15) is 12.8 Å². The van der Waals surface area contributed by atoms with Gasteiger partial charge in [-0.05, 0) is 73.8 Å². The van der Waals surface area contributed by atoms with Crippen molar-refractivity contribution in [2.75, 3.05) is 25.0 Å². The van der Waals surface area contributed by atoms with Gasteiger partial charge in [0.25, 0.3) is 5.56 Å². The summed E-state index contributed by atoms with van der Waals surface area (Å²) in [5.41, 5.74) is 5.49. The van der Waals surface area contributed by atoms with E-state index in [1.165, 1.54) is 12.8 Å². The monoisotopic (exact) mass is 529 g/mol. The maximum atomic E-state index is 13.6. The first-order valence-electron chi connectivity index (χ1n) is 12.6. The highest BCUT2D eigenvalue weighted by atomic mass is 35.5. The lowest BCUT2D eigenvalue weighted by Gasteiger charge is -2.45. The number of pyridine rings is 1. The SMILES string of the molecule is O=c1[nH]c2ccc(-c3ccc(Cl)cc3Cl)cc2c(N[C@H]2CN3CCC2CC3)c1-c1nc2ccccc2[nH]1. The van der Waals surface area contributed by atoms with Crippen LogP contribution in [0.4, 0.5) is 5.69 Å². The van der Waals surface area contributed by atoms with E-state index < -0.39 is 0 Å². The van der Waals surface area contributed by atoms with Crippen LogP contribution in [0.5, 0.6) is 0 Å². The van der Waals surface area contributed by atoms with E-state index in [2.05, 4.69) is 26.3 Å². The lowest BCUT2D eigenvalue weighted by molar-refractivity contribution is 0.0976. The number of piperidine rings is 3. The number of aromatic amines is 2. The van der Waals surface area contributed by atoms with Crippen molar-refractivity contribution in [3.05, 3.63) is 81.1 Å². The smallest absolute Gasteiger partial charge is 0.261 e. The van der Waals surface area contributed by atoms with Crippen molar-refractivity contribution in [2.24, 2.45) is 5.92 Å². The van der Waals surface area contributed by atoms with Crippen molar-refractivity contribution in [1.82, 2.24) is 19.9 Å². The van der Waals surface area contributed by atoms with Crippen LogP contribution in [0.15, 0.2) is 65.5 Å². The first-order valence-corrected chi connectivity index (χ1v) is 13.4. The number of anilines is 1. The van der Waals surface area contributed by atoms with Crippen LogP contribution in [-0.4, -0.2) is 45.5 Å². The highest BCUT2D eigenvalue weighted by Gasteiger charge is 2.35. The minimum Gasteiger partial charge on any atom is -0.379 e. The Labute approximate surface area is 223 Å². The number of imidazole rings is 1. The Morgan fingerprint density at radius 1 is 0.946 bits per heavy atom. The zero-order valence-electron chi connectivity index (χ0n) is 20.0. The van der Waals surface area contributed by atoms with Crippen LogP contribution in [0, 0.1) is 5.92 Å². The van der Waals surface area contributed by atoms with Gasteiger partial charge in [0.2, 0.25) is 0 Å². The summed E-state index contributed by atoms with van der Waals surface area (Å²) in [5, 5.41) is 5.94. The van der Waals surface area contributed by atoms with Crippen LogP contribution >= 0.6 is 23.2 Å². The van der Waals surface area contributed by atoms with Crippen LogP contribution in [0.25, 0.3) is 44.5 Å². The van der Waals surface area contributed by atoms with E-state index in [9.17, 15) is 4.79 Å². The number of fused-ring (bicyclic) bond motifs is 5. The molecule has 3 N–H and O–H groups in total. The van der Waals surface area contributed by atoms with E-state index in [0.29, 0.717) is 27.4 Å². The number of nitrogens with zero attached hydrogens (tertiary/aromatic N) is 2. The number of hydrogen-bond acceptors (Lipinski definition) is 4. The van der Waals surface area contributed by atoms with E-state index >= 15 is 0 Å². The molecule has 0 amide bonds. The van der Waals surface area contributed by atoms with Gasteiger partial charge in [-0.25, -0.2) is 4.98 Å². The summed E-state index contributed by atoms with van der Waals surface area (Å²) in [7, 11) is 0. The summed E-state index contributed by atoms with van der Waals surface area (Å²) >= 11 is 12.7. The van der Waals surface area contributed by atoms with Crippen molar-refractivity contribution in [3.8, 4) is 22.5 Å². The Balaban J connectivity index is 1.45. The Kier molecular flexibility index (Phi) is 5.50. The Morgan fingerprint density at radius 3 is 2.54 bits per heavy atom. The number of nitrogens with one attached hydrogen (secondary N) is 3. The summed E-state index contributed by atoms with van der Waals surface area (Å²) in [4.78, 5) is 27.3. The molecule has 0 saturated carbocycles. The third kappa shape index (κ3) is 4.00. The summed E-state index contributed by atoms with van der Waals surface area (Å²) < 4.78 is 0. The molecule has 3 fully saturated rings. The van der Waals surface area contributed by atoms with Crippen molar-refractivity contribution in [3.63, 3.8) is 0 Å². The minimum atomic E-state index is -0.174. The fraction of sp³-hybridized carbons (Fsp3) is 0.241. The molecule has 3 aromatic carbocycles. The molecule has 37 heavy (non-hydrogen) atoms. The number of rotatable bonds is 4. The van der Waals surface area contributed by atoms with Gasteiger partial charge in [-0.3, -0.25) is 4.79 Å². The fourth-order valence-electron chi connectivity index (χ4n) is 5.95. The molecule has 3 aliphatic rings. The highest BCUT2D eigenvalue weighted by Crippen LogP contribution is 2.38. The number of hydrogen-bond donors (Lipinski definition) is 3. The van der Waals surface area contributed by atoms with Crippen LogP contribution < -0.4 is 10.9 Å². The summed E-state index contributed by atoms with van der Waals surface area (Å²) in [5.74, 6) is 1.14. The average molecular weight is 530 g/mol. The molecule has 0 radical (unpaired) electrons. The minimum absolute atomic E-state index is 0.174. The zero-order valence-corrected chi connectivity index (χ0v) is 21.5. The summed E-state index contributed by atoms with van der Waals surface area (Å²) in [6, 6.07) is 19.6. The molecule has 3 saturated heterocycles. The van der Waals surface area contributed by atoms with Gasteiger partial charge in [0.05, 0.1) is 22.2 Å². The average Bonchev–Trinajstić information content (AvgIpc) is 3.33. The molecule has 1 atom stereocenters. The molecule has 0 spiro atoms. The van der Waals surface area contributed by atoms with Gasteiger partial charge in [0.15, 0.2) is 0 Å². The van der Waals surface area contributed by atoms with E-state index in [0.717, 1.165) is 58.4 Å². The van der Waals surface area contributed by atoms with Crippen molar-refractivity contribution < 1.29 is 0 Å². The van der Waals surface area contributed by atoms with Gasteiger partial charge in [-0.1, -0.05) is 47.5 Å². The van der Waals surface area contributed by atoms with Gasteiger partial charge in [0.1, 0.15) is 11.4 Å². The summed E-state index contributed by atoms with van der Waals surface area (Å²) in [6.45, 7) is 3.27. The second-order valence-electron chi connectivity index (χ2n) is 10.1. The van der Waals surface area contributed by atoms with Crippen molar-refractivity contribution in [2.45, 2.75) is 18.9 Å². The van der Waals surface area contributed by atoms with Gasteiger partial charge < -0.3 is 20.2 Å². The van der Waals surface area contributed by atoms with E-state index in [-0.39, 0.29) is 11.6 Å². The normalized spacial score (nSPS) is 21.1. The summed E-state index contributed by atoms with van der Waals surface area (Å²) in [6.07, 6.45) is 2.34. The number of para-hydroxylation sites is 2. The predicted molar refractivity (Wildman–Crippen MR) is 152 cm³/mol. The standard InChI is InChI=1S/C29H25Cl2N5O/c30-18-6-7-19(21(31)14-18)17-5-8-22-20(13-17)27(32-25-15-36-11-9-16(25)10-12-36)26(29(37)35-22)28-33-23-3-1-2-4-24(23)34-28/h1-8,13-14,16,25H,9-12,15H2,(H,33,34)(H2,32,35,37)/t25-/m0/s1. The Hall–Kier alpha value is -3.32. The second kappa shape index (κ2) is 8.91. The number of H-pyrrole nitrogens is 2. The first-order chi connectivity index (χ1) is 18.0. The molecule has 5 aromatic rings. The zero-order chi connectivity index (χ0) is 25.1. The topological polar surface area (TPSA) is 76.8 Å². The third-order valence-electron chi connectivity index (χ3n) is 7.87. The molecule has 5 heterocycles. The molecule has 2 aromatic heterocycles. The van der Waals surface area contributed by atoms with E-state index in [1.54, 1.807) is 6.07 Å². The maximum Gasteiger partial charge on any atom is 0.261 e. The third-order valence-corrected chi connectivity index (χ3v) is 8.42. The lowest BCUT2D eigenvalue weighted by atomic mass is 9.83. The van der Waals surface area contributed by atoms with Crippen molar-refractivity contribution in [1.29, 1.82) is 0 Å². The quantitative estimate of drug-likeness (QED) is 0.246. The number of benzene rings is 3. The molecular formula is C29H25Cl2N5O. The van der Waals surface area contributed by atoms with Gasteiger partial charge >= 0.3 is 0 Å². The van der Waals surface area contributed by atoms with Gasteiger partial charge in [-0.15, -0.1) is 0 Å². The van der Waals surface area contributed by atoms with Crippen LogP contribution in [-0.2, 0) is 0 Å². The van der Waals surface area contributed by atoms with Gasteiger partial charge in [0, 0.05) is 33.6 Å². The molecule has 8 heteroatoms. The Morgan fingerprint density at radius 2 is 1.78 bits per heavy atom. The predicted octanol–water partition coefficient (Wildman–Crippen LogP) is 6.55. The van der Waals surface area contributed by atoms with E-state index in [1.807, 2.05) is 48.5 Å². The molecule has 0 unspecified atom stereocenters. The second-order valence-corrected chi connectivity index (χ2v) is 10.9. The lowest BCUT2D eigenvalue weighted by Crippen LogP contribution is -2.53. The molecular weight excluding hydrogens is 505 g/mol. The largest absolute Gasteiger partial charge is 0.379 e. The first kappa shape index (κ1) is 22.8. The van der Waals surface area contributed by atoms with Crippen molar-refractivity contribution >= 4 is 50.8 Å². The number of halogens is 2. The molecule has 6 nitrogen and oxygen atoms in total. The molecule has 2 bridgehead atoms. The van der Waals surface area contributed by atoms with Crippen LogP contribution in [0.3, 0.4) is 0 Å². The molecule has 0 aliphatic carbocycles. The molecule has 3 aliphatic heterocycles. The van der Waals surface area contributed by atoms with Crippen LogP contribution in [0.2, 0.25) is 10.0 Å². The fourth-order valence-corrected chi connectivity index (χ4v) is 6.46. The maximum absolute atomic E-state index is 13.6. The highest BCUT2D eigenvalue weighted by molar-refractivity contribution is 6.36. The van der Waals surface area contributed by atoms with E-state index in [4.69, 9.17) is 28.2 Å². The molecule has 186 valence electrons. The number of aromatic nitrogens is 3.